The van der Waals surface area contributed by atoms with Crippen molar-refractivity contribution in [2.45, 2.75) is 33.1 Å². The van der Waals surface area contributed by atoms with Gasteiger partial charge in [-0.05, 0) is 56.7 Å². The van der Waals surface area contributed by atoms with Crippen LogP contribution in [-0.2, 0) is 6.42 Å². The van der Waals surface area contributed by atoms with Crippen LogP contribution in [0.3, 0.4) is 0 Å². The van der Waals surface area contributed by atoms with Crippen LogP contribution in [0.1, 0.15) is 40.2 Å². The minimum atomic E-state index is 0.0501. The van der Waals surface area contributed by atoms with Crippen molar-refractivity contribution in [1.82, 2.24) is 15.0 Å². The van der Waals surface area contributed by atoms with Crippen LogP contribution in [0.4, 0.5) is 0 Å². The highest BCUT2D eigenvalue weighted by Gasteiger charge is 2.27. The summed E-state index contributed by atoms with van der Waals surface area (Å²) in [5.41, 5.74) is 3.71. The molecule has 1 aliphatic rings. The van der Waals surface area contributed by atoms with Gasteiger partial charge >= 0.3 is 0 Å². The number of carbonyl (C=O) groups is 1. The van der Waals surface area contributed by atoms with E-state index in [-0.39, 0.29) is 5.91 Å². The number of carbonyl (C=O) groups excluding carboxylic acids is 1. The predicted octanol–water partition coefficient (Wildman–Crippen LogP) is 3.93. The topological polar surface area (TPSA) is 59.2 Å². The van der Waals surface area contributed by atoms with Gasteiger partial charge in [0.15, 0.2) is 0 Å². The number of piperidine rings is 1. The van der Waals surface area contributed by atoms with Gasteiger partial charge in [0.05, 0.1) is 11.2 Å². The number of rotatable bonds is 3. The lowest BCUT2D eigenvalue weighted by Gasteiger charge is -2.32. The molecule has 2 aromatic heterocycles. The number of amides is 1. The van der Waals surface area contributed by atoms with Gasteiger partial charge in [0.25, 0.3) is 5.91 Å². The van der Waals surface area contributed by atoms with Crippen molar-refractivity contribution >= 4 is 16.8 Å². The van der Waals surface area contributed by atoms with Gasteiger partial charge in [0, 0.05) is 24.7 Å². The number of benzene rings is 1. The van der Waals surface area contributed by atoms with Gasteiger partial charge in [-0.3, -0.25) is 9.78 Å². The highest BCUT2D eigenvalue weighted by Crippen LogP contribution is 2.27. The van der Waals surface area contributed by atoms with Crippen LogP contribution < -0.4 is 0 Å². The van der Waals surface area contributed by atoms with Crippen molar-refractivity contribution in [1.29, 1.82) is 0 Å². The third kappa shape index (κ3) is 3.09. The number of pyridine rings is 1. The second kappa shape index (κ2) is 6.90. The summed E-state index contributed by atoms with van der Waals surface area (Å²) in [6.45, 7) is 5.20. The second-order valence-electron chi connectivity index (χ2n) is 7.13. The normalized spacial score (nSPS) is 15.5. The molecule has 4 rings (SSSR count). The van der Waals surface area contributed by atoms with Crippen molar-refractivity contribution in [3.8, 4) is 0 Å². The zero-order valence-electron chi connectivity index (χ0n) is 15.2. The van der Waals surface area contributed by atoms with Gasteiger partial charge in [-0.1, -0.05) is 23.4 Å². The number of aryl methyl sites for hydroxylation is 2. The van der Waals surface area contributed by atoms with Crippen LogP contribution in [0.5, 0.6) is 0 Å². The molecule has 1 saturated heterocycles. The van der Waals surface area contributed by atoms with E-state index in [4.69, 9.17) is 4.52 Å². The SMILES string of the molecule is Cc1noc(C)c1C(=O)N1CCC(Cc2cccc3ncccc23)CC1. The highest BCUT2D eigenvalue weighted by molar-refractivity contribution is 5.96. The predicted molar refractivity (Wildman–Crippen MR) is 100 cm³/mol. The van der Waals surface area contributed by atoms with Crippen molar-refractivity contribution in [2.24, 2.45) is 5.92 Å². The molecular formula is C21H23N3O2. The Bertz CT molecular complexity index is 915. The molecule has 0 bridgehead atoms. The zero-order valence-corrected chi connectivity index (χ0v) is 15.2. The number of nitrogens with zero attached hydrogens (tertiary/aromatic N) is 3. The van der Waals surface area contributed by atoms with Gasteiger partial charge in [-0.15, -0.1) is 0 Å². The Labute approximate surface area is 153 Å². The first-order chi connectivity index (χ1) is 12.6. The fourth-order valence-corrected chi connectivity index (χ4v) is 3.94. The van der Waals surface area contributed by atoms with Gasteiger partial charge in [0.2, 0.25) is 0 Å². The maximum Gasteiger partial charge on any atom is 0.259 e. The molecule has 0 unspecified atom stereocenters. The third-order valence-electron chi connectivity index (χ3n) is 5.39. The van der Waals surface area contributed by atoms with E-state index >= 15 is 0 Å². The molecule has 0 N–H and O–H groups in total. The fraction of sp³-hybridized carbons (Fsp3) is 0.381. The van der Waals surface area contributed by atoms with E-state index in [1.54, 1.807) is 6.92 Å². The number of fused-ring (bicyclic) bond motifs is 1. The van der Waals surface area contributed by atoms with Gasteiger partial charge < -0.3 is 9.42 Å². The lowest BCUT2D eigenvalue weighted by Crippen LogP contribution is -2.39. The summed E-state index contributed by atoms with van der Waals surface area (Å²) in [6.07, 6.45) is 4.92. The van der Waals surface area contributed by atoms with E-state index < -0.39 is 0 Å². The monoisotopic (exact) mass is 349 g/mol. The Morgan fingerprint density at radius 2 is 2.00 bits per heavy atom. The minimum Gasteiger partial charge on any atom is -0.361 e. The molecule has 0 saturated carbocycles. The Balaban J connectivity index is 1.43. The van der Waals surface area contributed by atoms with Crippen molar-refractivity contribution in [2.75, 3.05) is 13.1 Å². The van der Waals surface area contributed by atoms with Crippen molar-refractivity contribution < 1.29 is 9.32 Å². The molecule has 1 fully saturated rings. The number of likely N-dealkylation sites (tertiary alicyclic amines) is 1. The summed E-state index contributed by atoms with van der Waals surface area (Å²) in [7, 11) is 0. The molecule has 1 aromatic carbocycles. The first kappa shape index (κ1) is 16.8. The summed E-state index contributed by atoms with van der Waals surface area (Å²) in [6, 6.07) is 10.5. The van der Waals surface area contributed by atoms with E-state index in [1.807, 2.05) is 24.1 Å². The summed E-state index contributed by atoms with van der Waals surface area (Å²) in [5, 5.41) is 5.14. The minimum absolute atomic E-state index is 0.0501. The molecule has 0 atom stereocenters. The Morgan fingerprint density at radius 3 is 2.73 bits per heavy atom. The van der Waals surface area contributed by atoms with Gasteiger partial charge in [-0.25, -0.2) is 0 Å². The molecule has 1 amide bonds. The number of aromatic nitrogens is 2. The quantitative estimate of drug-likeness (QED) is 0.719. The molecule has 0 aliphatic carbocycles. The van der Waals surface area contributed by atoms with Crippen LogP contribution >= 0.6 is 0 Å². The van der Waals surface area contributed by atoms with Crippen LogP contribution in [0.2, 0.25) is 0 Å². The molecule has 1 aliphatic heterocycles. The summed E-state index contributed by atoms with van der Waals surface area (Å²) < 4.78 is 5.14. The third-order valence-corrected chi connectivity index (χ3v) is 5.39. The Kier molecular flexibility index (Phi) is 4.45. The molecule has 26 heavy (non-hydrogen) atoms. The van der Waals surface area contributed by atoms with Crippen molar-refractivity contribution in [3.05, 3.63) is 59.1 Å². The maximum atomic E-state index is 12.8. The van der Waals surface area contributed by atoms with Crippen LogP contribution in [0.15, 0.2) is 41.1 Å². The lowest BCUT2D eigenvalue weighted by molar-refractivity contribution is 0.0688. The number of hydrogen-bond acceptors (Lipinski definition) is 4. The Morgan fingerprint density at radius 1 is 1.19 bits per heavy atom. The molecule has 5 heteroatoms. The summed E-state index contributed by atoms with van der Waals surface area (Å²) >= 11 is 0. The molecule has 0 radical (unpaired) electrons. The zero-order chi connectivity index (χ0) is 18.1. The summed E-state index contributed by atoms with van der Waals surface area (Å²) in [4.78, 5) is 19.1. The standard InChI is InChI=1S/C21H23N3O2/c1-14-20(15(2)26-23-14)21(25)24-11-8-16(9-12-24)13-17-5-3-7-19-18(17)6-4-10-22-19/h3-7,10,16H,8-9,11-13H2,1-2H3. The van der Waals surface area contributed by atoms with E-state index in [2.05, 4.69) is 34.4 Å². The average Bonchev–Trinajstić information content (AvgIpc) is 3.00. The van der Waals surface area contributed by atoms with Crippen molar-refractivity contribution in [3.63, 3.8) is 0 Å². The molecule has 5 nitrogen and oxygen atoms in total. The number of hydrogen-bond donors (Lipinski definition) is 0. The first-order valence-corrected chi connectivity index (χ1v) is 9.18. The smallest absolute Gasteiger partial charge is 0.259 e. The van der Waals surface area contributed by atoms with Crippen LogP contribution in [-0.4, -0.2) is 34.0 Å². The van der Waals surface area contributed by atoms with Gasteiger partial charge in [0.1, 0.15) is 11.3 Å². The fourth-order valence-electron chi connectivity index (χ4n) is 3.94. The molecule has 3 aromatic rings. The Hall–Kier alpha value is -2.69. The largest absolute Gasteiger partial charge is 0.361 e. The second-order valence-corrected chi connectivity index (χ2v) is 7.13. The van der Waals surface area contributed by atoms with Crippen LogP contribution in [0, 0.1) is 19.8 Å². The average molecular weight is 349 g/mol. The maximum absolute atomic E-state index is 12.8. The molecule has 0 spiro atoms. The van der Waals surface area contributed by atoms with E-state index in [1.165, 1.54) is 10.9 Å². The van der Waals surface area contributed by atoms with Crippen LogP contribution in [0.25, 0.3) is 10.9 Å². The molecular weight excluding hydrogens is 326 g/mol. The van der Waals surface area contributed by atoms with Gasteiger partial charge in [-0.2, -0.15) is 0 Å². The van der Waals surface area contributed by atoms with E-state index in [0.717, 1.165) is 37.9 Å². The van der Waals surface area contributed by atoms with E-state index in [9.17, 15) is 4.79 Å². The highest BCUT2D eigenvalue weighted by atomic mass is 16.5. The lowest BCUT2D eigenvalue weighted by atomic mass is 9.88. The molecule has 3 heterocycles. The first-order valence-electron chi connectivity index (χ1n) is 9.18. The van der Waals surface area contributed by atoms with E-state index in [0.29, 0.717) is 22.9 Å². The summed E-state index contributed by atoms with van der Waals surface area (Å²) in [5.74, 6) is 1.25. The molecule has 134 valence electrons.